The Hall–Kier alpha value is -1.98. The van der Waals surface area contributed by atoms with E-state index >= 15 is 0 Å². The molecule has 94 valence electrons. The second kappa shape index (κ2) is 4.95. The monoisotopic (exact) mass is 287 g/mol. The van der Waals surface area contributed by atoms with Crippen LogP contribution in [0.2, 0.25) is 0 Å². The first-order chi connectivity index (χ1) is 9.25. The predicted octanol–water partition coefficient (Wildman–Crippen LogP) is 5.05. The van der Waals surface area contributed by atoms with Gasteiger partial charge in [-0.2, -0.15) is 22.7 Å². The molecule has 0 saturated carbocycles. The number of nitrogens with zero attached hydrogens (tertiary/aromatic N) is 1. The maximum atomic E-state index is 10.9. The Morgan fingerprint density at radius 3 is 2.05 bits per heavy atom. The lowest BCUT2D eigenvalue weighted by Gasteiger charge is -2.06. The van der Waals surface area contributed by atoms with Gasteiger partial charge in [-0.3, -0.25) is 10.1 Å². The zero-order chi connectivity index (χ0) is 13.2. The van der Waals surface area contributed by atoms with E-state index in [1.54, 1.807) is 34.8 Å². The molecule has 2 aromatic heterocycles. The van der Waals surface area contributed by atoms with Gasteiger partial charge in [0.2, 0.25) is 0 Å². The summed E-state index contributed by atoms with van der Waals surface area (Å²) in [7, 11) is 0. The zero-order valence-electron chi connectivity index (χ0n) is 9.78. The molecule has 2 heterocycles. The zero-order valence-corrected chi connectivity index (χ0v) is 11.4. The van der Waals surface area contributed by atoms with Crippen molar-refractivity contribution in [2.45, 2.75) is 0 Å². The molecule has 3 rings (SSSR count). The molecule has 0 radical (unpaired) electrons. The van der Waals surface area contributed by atoms with E-state index in [0.29, 0.717) is 0 Å². The average Bonchev–Trinajstić information content (AvgIpc) is 3.11. The fourth-order valence-corrected chi connectivity index (χ4v) is 3.28. The van der Waals surface area contributed by atoms with Gasteiger partial charge in [0.15, 0.2) is 0 Å². The van der Waals surface area contributed by atoms with Gasteiger partial charge in [-0.05, 0) is 62.0 Å². The summed E-state index contributed by atoms with van der Waals surface area (Å²) in [4.78, 5) is 10.6. The van der Waals surface area contributed by atoms with E-state index in [4.69, 9.17) is 0 Å². The van der Waals surface area contributed by atoms with Crippen LogP contribution in [-0.4, -0.2) is 4.92 Å². The Balaban J connectivity index is 2.22. The van der Waals surface area contributed by atoms with Gasteiger partial charge in [0.1, 0.15) is 0 Å². The van der Waals surface area contributed by atoms with Gasteiger partial charge in [-0.15, -0.1) is 0 Å². The molecule has 0 N–H and O–H groups in total. The third-order valence-corrected chi connectivity index (χ3v) is 4.24. The van der Waals surface area contributed by atoms with Crippen LogP contribution in [0.1, 0.15) is 0 Å². The lowest BCUT2D eigenvalue weighted by atomic mass is 9.97. The first kappa shape index (κ1) is 12.1. The molecule has 0 aliphatic heterocycles. The van der Waals surface area contributed by atoms with Crippen molar-refractivity contribution in [3.8, 4) is 22.3 Å². The molecule has 0 amide bonds. The molecule has 0 spiro atoms. The molecular formula is C14H9NO2S2. The SMILES string of the molecule is O=[N+]([O-])c1ccc(-c2ccsc2)c(-c2ccsc2)c1. The fourth-order valence-electron chi connectivity index (χ4n) is 1.97. The number of benzene rings is 1. The van der Waals surface area contributed by atoms with Crippen molar-refractivity contribution in [3.05, 3.63) is 62.0 Å². The van der Waals surface area contributed by atoms with Crippen molar-refractivity contribution < 1.29 is 4.92 Å². The summed E-state index contributed by atoms with van der Waals surface area (Å²) in [6.45, 7) is 0. The van der Waals surface area contributed by atoms with Gasteiger partial charge < -0.3 is 0 Å². The van der Waals surface area contributed by atoms with E-state index in [0.717, 1.165) is 22.3 Å². The highest BCUT2D eigenvalue weighted by atomic mass is 32.1. The Labute approximate surface area is 117 Å². The summed E-state index contributed by atoms with van der Waals surface area (Å²) in [5.74, 6) is 0. The maximum Gasteiger partial charge on any atom is 0.270 e. The molecule has 3 nitrogen and oxygen atoms in total. The van der Waals surface area contributed by atoms with Crippen LogP contribution >= 0.6 is 22.7 Å². The topological polar surface area (TPSA) is 43.1 Å². The quantitative estimate of drug-likeness (QED) is 0.499. The minimum Gasteiger partial charge on any atom is -0.258 e. The normalized spacial score (nSPS) is 10.5. The van der Waals surface area contributed by atoms with Crippen LogP contribution in [0.5, 0.6) is 0 Å². The van der Waals surface area contributed by atoms with Crippen LogP contribution in [0.4, 0.5) is 5.69 Å². The van der Waals surface area contributed by atoms with E-state index in [1.165, 1.54) is 0 Å². The Morgan fingerprint density at radius 1 is 0.895 bits per heavy atom. The van der Waals surface area contributed by atoms with Crippen molar-refractivity contribution in [1.82, 2.24) is 0 Å². The Morgan fingerprint density at radius 2 is 1.53 bits per heavy atom. The highest BCUT2D eigenvalue weighted by Gasteiger charge is 2.14. The molecule has 3 aromatic rings. The summed E-state index contributed by atoms with van der Waals surface area (Å²) >= 11 is 3.21. The summed E-state index contributed by atoms with van der Waals surface area (Å²) in [5.41, 5.74) is 4.19. The highest BCUT2D eigenvalue weighted by molar-refractivity contribution is 7.08. The molecular weight excluding hydrogens is 278 g/mol. The molecule has 0 aliphatic carbocycles. The van der Waals surface area contributed by atoms with Crippen molar-refractivity contribution in [2.24, 2.45) is 0 Å². The molecule has 1 aromatic carbocycles. The maximum absolute atomic E-state index is 10.9. The molecule has 19 heavy (non-hydrogen) atoms. The van der Waals surface area contributed by atoms with Crippen molar-refractivity contribution in [3.63, 3.8) is 0 Å². The van der Waals surface area contributed by atoms with Crippen LogP contribution in [0.3, 0.4) is 0 Å². The van der Waals surface area contributed by atoms with Crippen molar-refractivity contribution >= 4 is 28.4 Å². The number of non-ortho nitro benzene ring substituents is 1. The standard InChI is InChI=1S/C14H9NO2S2/c16-15(17)12-1-2-13(10-3-5-18-8-10)14(7-12)11-4-6-19-9-11/h1-9H. The summed E-state index contributed by atoms with van der Waals surface area (Å²) in [6, 6.07) is 9.05. The first-order valence-electron chi connectivity index (χ1n) is 5.59. The molecule has 0 unspecified atom stereocenters. The first-order valence-corrected chi connectivity index (χ1v) is 7.48. The second-order valence-corrected chi connectivity index (χ2v) is 5.57. The van der Waals surface area contributed by atoms with Gasteiger partial charge >= 0.3 is 0 Å². The summed E-state index contributed by atoms with van der Waals surface area (Å²) in [5, 5.41) is 19.0. The molecule has 0 saturated heterocycles. The van der Waals surface area contributed by atoms with Gasteiger partial charge in [0.05, 0.1) is 4.92 Å². The van der Waals surface area contributed by atoms with E-state index in [9.17, 15) is 10.1 Å². The Bertz CT molecular complexity index is 703. The number of rotatable bonds is 3. The molecule has 0 bridgehead atoms. The number of nitro groups is 1. The average molecular weight is 287 g/mol. The largest absolute Gasteiger partial charge is 0.270 e. The lowest BCUT2D eigenvalue weighted by Crippen LogP contribution is -1.90. The minimum atomic E-state index is -0.354. The van der Waals surface area contributed by atoms with Crippen LogP contribution < -0.4 is 0 Å². The number of thiophene rings is 2. The van der Waals surface area contributed by atoms with Crippen LogP contribution in [0.15, 0.2) is 51.9 Å². The molecule has 0 aliphatic rings. The van der Waals surface area contributed by atoms with E-state index in [-0.39, 0.29) is 10.6 Å². The van der Waals surface area contributed by atoms with Gasteiger partial charge in [0.25, 0.3) is 5.69 Å². The minimum absolute atomic E-state index is 0.125. The van der Waals surface area contributed by atoms with Gasteiger partial charge in [0, 0.05) is 12.1 Å². The third kappa shape index (κ3) is 2.30. The highest BCUT2D eigenvalue weighted by Crippen LogP contribution is 2.36. The van der Waals surface area contributed by atoms with E-state index in [2.05, 4.69) is 5.38 Å². The van der Waals surface area contributed by atoms with Gasteiger partial charge in [-0.25, -0.2) is 0 Å². The smallest absolute Gasteiger partial charge is 0.258 e. The Kier molecular flexibility index (Phi) is 3.15. The van der Waals surface area contributed by atoms with Crippen molar-refractivity contribution in [2.75, 3.05) is 0 Å². The lowest BCUT2D eigenvalue weighted by molar-refractivity contribution is -0.384. The fraction of sp³-hybridized carbons (Fsp3) is 0. The van der Waals surface area contributed by atoms with Crippen molar-refractivity contribution in [1.29, 1.82) is 0 Å². The van der Waals surface area contributed by atoms with Crippen LogP contribution in [-0.2, 0) is 0 Å². The molecule has 5 heteroatoms. The molecule has 0 atom stereocenters. The van der Waals surface area contributed by atoms with Gasteiger partial charge in [-0.1, -0.05) is 0 Å². The molecule has 0 fully saturated rings. The number of hydrogen-bond acceptors (Lipinski definition) is 4. The number of nitro benzene ring substituents is 1. The van der Waals surface area contributed by atoms with Crippen LogP contribution in [0, 0.1) is 10.1 Å². The summed E-state index contributed by atoms with van der Waals surface area (Å²) < 4.78 is 0. The summed E-state index contributed by atoms with van der Waals surface area (Å²) in [6.07, 6.45) is 0. The predicted molar refractivity (Wildman–Crippen MR) is 79.7 cm³/mol. The van der Waals surface area contributed by atoms with Crippen LogP contribution in [0.25, 0.3) is 22.3 Å². The van der Waals surface area contributed by atoms with E-state index in [1.807, 2.05) is 34.3 Å². The van der Waals surface area contributed by atoms with E-state index < -0.39 is 0 Å². The number of hydrogen-bond donors (Lipinski definition) is 0. The third-order valence-electron chi connectivity index (χ3n) is 2.88. The second-order valence-electron chi connectivity index (χ2n) is 4.01.